The topological polar surface area (TPSA) is 71.5 Å². The molecule has 1 N–H and O–H groups in total. The summed E-state index contributed by atoms with van der Waals surface area (Å²) in [6.45, 7) is 3.72. The Labute approximate surface area is 205 Å². The molecule has 34 heavy (non-hydrogen) atoms. The maximum Gasteiger partial charge on any atom is 0.271 e. The van der Waals surface area contributed by atoms with Crippen molar-refractivity contribution in [3.05, 3.63) is 75.7 Å². The van der Waals surface area contributed by atoms with Crippen molar-refractivity contribution in [1.82, 2.24) is 10.3 Å². The number of carbonyl (C=O) groups is 2. The summed E-state index contributed by atoms with van der Waals surface area (Å²) in [6.07, 6.45) is 5.35. The average Bonchev–Trinajstić information content (AvgIpc) is 3.20. The average molecular weight is 478 g/mol. The van der Waals surface area contributed by atoms with Crippen LogP contribution in [0.4, 0.5) is 5.69 Å². The molecule has 3 aromatic rings. The van der Waals surface area contributed by atoms with E-state index < -0.39 is 6.04 Å². The van der Waals surface area contributed by atoms with Gasteiger partial charge in [0, 0.05) is 17.8 Å². The molecule has 0 radical (unpaired) electrons. The molecule has 1 heterocycles. The summed E-state index contributed by atoms with van der Waals surface area (Å²) in [5.41, 5.74) is 2.02. The summed E-state index contributed by atoms with van der Waals surface area (Å²) in [5, 5.41) is 4.06. The second-order valence-corrected chi connectivity index (χ2v) is 9.88. The van der Waals surface area contributed by atoms with Gasteiger partial charge in [-0.2, -0.15) is 0 Å². The molecule has 178 valence electrons. The van der Waals surface area contributed by atoms with Crippen LogP contribution in [-0.4, -0.2) is 29.9 Å². The van der Waals surface area contributed by atoms with Crippen molar-refractivity contribution in [3.8, 4) is 5.75 Å². The molecule has 1 aromatic heterocycles. The zero-order valence-corrected chi connectivity index (χ0v) is 20.7. The van der Waals surface area contributed by atoms with Crippen molar-refractivity contribution in [1.29, 1.82) is 0 Å². The number of aryl methyl sites for hydroxylation is 2. The minimum Gasteiger partial charge on any atom is -0.497 e. The molecule has 1 fully saturated rings. The van der Waals surface area contributed by atoms with Gasteiger partial charge in [-0.15, -0.1) is 11.3 Å². The lowest BCUT2D eigenvalue weighted by atomic mass is 9.94. The number of aromatic nitrogens is 1. The third-order valence-corrected chi connectivity index (χ3v) is 7.28. The molecule has 1 atom stereocenters. The molecule has 0 spiro atoms. The number of methoxy groups -OCH3 is 1. The molecule has 0 aliphatic heterocycles. The number of benzene rings is 2. The quantitative estimate of drug-likeness (QED) is 0.480. The number of hydrogen-bond acceptors (Lipinski definition) is 5. The van der Waals surface area contributed by atoms with E-state index in [1.165, 1.54) is 17.8 Å². The highest BCUT2D eigenvalue weighted by atomic mass is 32.1. The van der Waals surface area contributed by atoms with Gasteiger partial charge in [-0.05, 0) is 44.4 Å². The third-order valence-electron chi connectivity index (χ3n) is 6.22. The van der Waals surface area contributed by atoms with Crippen molar-refractivity contribution < 1.29 is 14.3 Å². The largest absolute Gasteiger partial charge is 0.497 e. The second kappa shape index (κ2) is 10.8. The standard InChI is InChI=1S/C27H31N3O3S/c1-18-25(34-19(2)28-18)27(32)30(22-15-10-16-23(17-22)33-3)24(20-11-6-4-7-12-20)26(31)29-21-13-8-5-9-14-21/h4,6-7,10-12,15-17,21,24H,5,8-9,13-14H2,1-3H3,(H,29,31)/t24-/m1/s1. The van der Waals surface area contributed by atoms with Crippen molar-refractivity contribution in [3.63, 3.8) is 0 Å². The Hall–Kier alpha value is -3.19. The second-order valence-electron chi connectivity index (χ2n) is 8.68. The number of rotatable bonds is 7. The SMILES string of the molecule is COc1cccc(N(C(=O)c2sc(C)nc2C)[C@@H](C(=O)NC2CCCCC2)c2ccccc2)c1. The zero-order chi connectivity index (χ0) is 24.1. The van der Waals surface area contributed by atoms with Crippen molar-refractivity contribution in [2.24, 2.45) is 0 Å². The lowest BCUT2D eigenvalue weighted by molar-refractivity contribution is -0.123. The Bertz CT molecular complexity index is 1140. The predicted molar refractivity (Wildman–Crippen MR) is 136 cm³/mol. The van der Waals surface area contributed by atoms with Gasteiger partial charge in [0.25, 0.3) is 5.91 Å². The lowest BCUT2D eigenvalue weighted by Gasteiger charge is -2.33. The van der Waals surface area contributed by atoms with Crippen molar-refractivity contribution in [2.75, 3.05) is 12.0 Å². The van der Waals surface area contributed by atoms with E-state index in [-0.39, 0.29) is 17.9 Å². The lowest BCUT2D eigenvalue weighted by Crippen LogP contribution is -2.47. The van der Waals surface area contributed by atoms with Crippen LogP contribution < -0.4 is 15.0 Å². The first kappa shape index (κ1) is 24.0. The molecule has 0 unspecified atom stereocenters. The van der Waals surface area contributed by atoms with Gasteiger partial charge in [0.15, 0.2) is 0 Å². The maximum absolute atomic E-state index is 14.1. The summed E-state index contributed by atoms with van der Waals surface area (Å²) in [4.78, 5) is 34.5. The zero-order valence-electron chi connectivity index (χ0n) is 19.9. The number of ether oxygens (including phenoxy) is 1. The van der Waals surface area contributed by atoms with Crippen LogP contribution in [0.25, 0.3) is 0 Å². The molecule has 2 aromatic carbocycles. The fourth-order valence-corrected chi connectivity index (χ4v) is 5.42. The van der Waals surface area contributed by atoms with Gasteiger partial charge in [-0.3, -0.25) is 14.5 Å². The summed E-state index contributed by atoms with van der Waals surface area (Å²) in [7, 11) is 1.59. The van der Waals surface area contributed by atoms with Crippen LogP contribution in [0.3, 0.4) is 0 Å². The van der Waals surface area contributed by atoms with E-state index in [1.54, 1.807) is 18.1 Å². The number of nitrogens with one attached hydrogen (secondary N) is 1. The van der Waals surface area contributed by atoms with Crippen LogP contribution in [0.2, 0.25) is 0 Å². The molecule has 1 aliphatic carbocycles. The van der Waals surface area contributed by atoms with Crippen LogP contribution in [0.1, 0.15) is 64.1 Å². The van der Waals surface area contributed by atoms with E-state index in [9.17, 15) is 9.59 Å². The smallest absolute Gasteiger partial charge is 0.271 e. The molecular weight excluding hydrogens is 446 g/mol. The first-order valence-corrected chi connectivity index (χ1v) is 12.6. The minimum atomic E-state index is -0.829. The van der Waals surface area contributed by atoms with Crippen molar-refractivity contribution in [2.45, 2.75) is 58.0 Å². The molecule has 0 saturated heterocycles. The van der Waals surface area contributed by atoms with Gasteiger partial charge in [-0.1, -0.05) is 55.7 Å². The molecule has 2 amide bonds. The van der Waals surface area contributed by atoms with Gasteiger partial charge in [-0.25, -0.2) is 4.98 Å². The van der Waals surface area contributed by atoms with E-state index >= 15 is 0 Å². The number of thiazole rings is 1. The number of anilines is 1. The summed E-state index contributed by atoms with van der Waals surface area (Å²) in [5.74, 6) is 0.198. The molecular formula is C27H31N3O3S. The molecule has 7 heteroatoms. The Morgan fingerprint density at radius 1 is 1.06 bits per heavy atom. The number of hydrogen-bond donors (Lipinski definition) is 1. The highest BCUT2D eigenvalue weighted by Crippen LogP contribution is 2.34. The molecule has 1 aliphatic rings. The van der Waals surface area contributed by atoms with E-state index in [1.807, 2.05) is 62.4 Å². The van der Waals surface area contributed by atoms with Crippen LogP contribution in [0.5, 0.6) is 5.75 Å². The Balaban J connectivity index is 1.82. The Kier molecular flexibility index (Phi) is 7.63. The van der Waals surface area contributed by atoms with E-state index in [2.05, 4.69) is 10.3 Å². The fraction of sp³-hybridized carbons (Fsp3) is 0.370. The highest BCUT2D eigenvalue weighted by Gasteiger charge is 2.36. The van der Waals surface area contributed by atoms with Gasteiger partial charge in [0.1, 0.15) is 16.7 Å². The summed E-state index contributed by atoms with van der Waals surface area (Å²) < 4.78 is 5.44. The Morgan fingerprint density at radius 3 is 2.44 bits per heavy atom. The number of carbonyl (C=O) groups excluding carboxylic acids is 2. The van der Waals surface area contributed by atoms with E-state index in [0.717, 1.165) is 36.3 Å². The highest BCUT2D eigenvalue weighted by molar-refractivity contribution is 7.13. The third kappa shape index (κ3) is 5.30. The summed E-state index contributed by atoms with van der Waals surface area (Å²) >= 11 is 1.35. The maximum atomic E-state index is 14.1. The Morgan fingerprint density at radius 2 is 1.79 bits per heavy atom. The molecule has 0 bridgehead atoms. The van der Waals surface area contributed by atoms with Crippen LogP contribution in [0.15, 0.2) is 54.6 Å². The molecule has 1 saturated carbocycles. The molecule has 4 rings (SSSR count). The minimum absolute atomic E-state index is 0.127. The first-order chi connectivity index (χ1) is 16.5. The van der Waals surface area contributed by atoms with Crippen LogP contribution in [-0.2, 0) is 4.79 Å². The van der Waals surface area contributed by atoms with Crippen molar-refractivity contribution >= 4 is 28.8 Å². The number of amides is 2. The summed E-state index contributed by atoms with van der Waals surface area (Å²) in [6, 6.07) is 16.1. The van der Waals surface area contributed by atoms with Crippen LogP contribution in [0, 0.1) is 13.8 Å². The van der Waals surface area contributed by atoms with Crippen LogP contribution >= 0.6 is 11.3 Å². The van der Waals surface area contributed by atoms with Gasteiger partial charge in [0.05, 0.1) is 17.8 Å². The number of nitrogens with zero attached hydrogens (tertiary/aromatic N) is 2. The first-order valence-electron chi connectivity index (χ1n) is 11.7. The fourth-order valence-electron chi connectivity index (χ4n) is 4.56. The van der Waals surface area contributed by atoms with Gasteiger partial charge >= 0.3 is 0 Å². The monoisotopic (exact) mass is 477 g/mol. The van der Waals surface area contributed by atoms with Gasteiger partial charge in [0.2, 0.25) is 5.91 Å². The van der Waals surface area contributed by atoms with E-state index in [4.69, 9.17) is 4.74 Å². The van der Waals surface area contributed by atoms with Gasteiger partial charge < -0.3 is 10.1 Å². The van der Waals surface area contributed by atoms with E-state index in [0.29, 0.717) is 22.0 Å². The normalized spacial score (nSPS) is 14.9. The molecule has 6 nitrogen and oxygen atoms in total. The predicted octanol–water partition coefficient (Wildman–Crippen LogP) is 5.61.